The average Bonchev–Trinajstić information content (AvgIpc) is 3.38. The molecule has 1 aliphatic heterocycles. The molecule has 8 nitrogen and oxygen atoms in total. The Kier molecular flexibility index (Phi) is 5.44. The number of H-pyrrole nitrogens is 1. The number of rotatable bonds is 6. The van der Waals surface area contributed by atoms with Crippen molar-refractivity contribution >= 4 is 28.3 Å². The summed E-state index contributed by atoms with van der Waals surface area (Å²) in [6.45, 7) is 3.85. The molecule has 0 saturated carbocycles. The number of fused-ring (bicyclic) bond motifs is 1. The lowest BCUT2D eigenvalue weighted by atomic mass is 10.1. The van der Waals surface area contributed by atoms with Crippen LogP contribution in [0.25, 0.3) is 16.6 Å². The van der Waals surface area contributed by atoms with Crippen molar-refractivity contribution in [3.63, 3.8) is 0 Å². The largest absolute Gasteiger partial charge is 0.463 e. The number of para-hydroxylation sites is 1. The summed E-state index contributed by atoms with van der Waals surface area (Å²) in [4.78, 5) is 26.2. The van der Waals surface area contributed by atoms with Crippen LogP contribution >= 0.6 is 0 Å². The summed E-state index contributed by atoms with van der Waals surface area (Å²) in [6, 6.07) is 16.2. The predicted molar refractivity (Wildman–Crippen MR) is 117 cm³/mol. The van der Waals surface area contributed by atoms with Crippen LogP contribution in [0.3, 0.4) is 0 Å². The molecule has 8 heteroatoms. The van der Waals surface area contributed by atoms with Crippen LogP contribution in [0.15, 0.2) is 72.4 Å². The second-order valence-corrected chi connectivity index (χ2v) is 7.16. The van der Waals surface area contributed by atoms with Gasteiger partial charge in [0.05, 0.1) is 17.2 Å². The first-order valence-corrected chi connectivity index (χ1v) is 9.91. The number of hydrogen-bond acceptors (Lipinski definition) is 6. The monoisotopic (exact) mass is 418 g/mol. The summed E-state index contributed by atoms with van der Waals surface area (Å²) in [5.74, 6) is -0.430. The molecule has 0 aliphatic carbocycles. The van der Waals surface area contributed by atoms with Crippen LogP contribution in [0, 0.1) is 10.1 Å². The van der Waals surface area contributed by atoms with E-state index in [1.807, 2.05) is 48.3 Å². The molecular formula is C23H22N4O4. The number of aromatic nitrogens is 1. The van der Waals surface area contributed by atoms with Gasteiger partial charge in [0, 0.05) is 40.7 Å². The number of carbonyl (C=O) groups excluding carboxylic acids is 1. The van der Waals surface area contributed by atoms with Crippen molar-refractivity contribution in [3.05, 3.63) is 93.8 Å². The Morgan fingerprint density at radius 3 is 2.77 bits per heavy atom. The molecule has 0 fully saturated rings. The Balaban J connectivity index is 1.75. The number of non-ortho nitro benzene ring substituents is 1. The Hall–Kier alpha value is -4.07. The number of allylic oxidation sites excluding steroid dienone is 1. The zero-order chi connectivity index (χ0) is 22.0. The minimum atomic E-state index is -0.430. The fraction of sp³-hybridized carbons (Fsp3) is 0.174. The summed E-state index contributed by atoms with van der Waals surface area (Å²) in [5.41, 5.74) is 7.27. The van der Waals surface area contributed by atoms with Crippen LogP contribution in [0.5, 0.6) is 0 Å². The first-order chi connectivity index (χ1) is 15.0. The summed E-state index contributed by atoms with van der Waals surface area (Å²) in [6.07, 6.45) is 3.41. The second kappa shape index (κ2) is 8.35. The highest BCUT2D eigenvalue weighted by atomic mass is 16.6. The van der Waals surface area contributed by atoms with E-state index < -0.39 is 10.9 Å². The predicted octanol–water partition coefficient (Wildman–Crippen LogP) is 4.45. The van der Waals surface area contributed by atoms with E-state index in [0.717, 1.165) is 16.6 Å². The average molecular weight is 418 g/mol. The number of nitro groups is 1. The number of ether oxygens (including phenoxy) is 1. The van der Waals surface area contributed by atoms with E-state index in [1.54, 1.807) is 13.0 Å². The summed E-state index contributed by atoms with van der Waals surface area (Å²) in [5, 5.41) is 14.1. The third-order valence-electron chi connectivity index (χ3n) is 5.07. The molecule has 0 bridgehead atoms. The Labute approximate surface area is 178 Å². The molecule has 0 radical (unpaired) electrons. The SMILES string of the molecule is CCOC(=O)/C=C(\C)N1NC(c2cccc([N+](=O)[O-])c2)=C[C@@H]1c1cc2ccccc2[nH]1. The van der Waals surface area contributed by atoms with Crippen LogP contribution in [0.4, 0.5) is 5.69 Å². The molecule has 2 heterocycles. The lowest BCUT2D eigenvalue weighted by Crippen LogP contribution is -2.33. The van der Waals surface area contributed by atoms with Gasteiger partial charge in [-0.15, -0.1) is 0 Å². The van der Waals surface area contributed by atoms with Crippen molar-refractivity contribution in [3.8, 4) is 0 Å². The minimum absolute atomic E-state index is 0.0135. The number of nitro benzene ring substituents is 1. The van der Waals surface area contributed by atoms with Crippen LogP contribution < -0.4 is 5.43 Å². The molecule has 1 aromatic heterocycles. The topological polar surface area (TPSA) is 100 Å². The highest BCUT2D eigenvalue weighted by Crippen LogP contribution is 2.35. The Bertz CT molecular complexity index is 1180. The number of carbonyl (C=O) groups is 1. The molecule has 3 aromatic rings. The molecule has 0 unspecified atom stereocenters. The molecule has 158 valence electrons. The second-order valence-electron chi connectivity index (χ2n) is 7.16. The fourth-order valence-electron chi connectivity index (χ4n) is 3.63. The van der Waals surface area contributed by atoms with E-state index in [1.165, 1.54) is 18.2 Å². The lowest BCUT2D eigenvalue weighted by molar-refractivity contribution is -0.384. The first kappa shape index (κ1) is 20.2. The maximum absolute atomic E-state index is 12.0. The van der Waals surface area contributed by atoms with Crippen molar-refractivity contribution in [1.29, 1.82) is 0 Å². The zero-order valence-corrected chi connectivity index (χ0v) is 17.2. The highest BCUT2D eigenvalue weighted by Gasteiger charge is 2.29. The van der Waals surface area contributed by atoms with Gasteiger partial charge in [-0.3, -0.25) is 20.5 Å². The van der Waals surface area contributed by atoms with Crippen LogP contribution in [-0.4, -0.2) is 27.5 Å². The zero-order valence-electron chi connectivity index (χ0n) is 17.2. The van der Waals surface area contributed by atoms with Gasteiger partial charge >= 0.3 is 5.97 Å². The molecule has 2 aromatic carbocycles. The molecule has 4 rings (SSSR count). The number of nitrogens with zero attached hydrogens (tertiary/aromatic N) is 2. The van der Waals surface area contributed by atoms with Gasteiger partial charge in [-0.1, -0.05) is 30.3 Å². The summed E-state index contributed by atoms with van der Waals surface area (Å²) < 4.78 is 5.05. The molecule has 0 amide bonds. The maximum Gasteiger partial charge on any atom is 0.332 e. The molecule has 0 spiro atoms. The molecule has 2 N–H and O–H groups in total. The van der Waals surface area contributed by atoms with Crippen LogP contribution in [-0.2, 0) is 9.53 Å². The molecule has 1 atom stereocenters. The van der Waals surface area contributed by atoms with Gasteiger partial charge in [0.2, 0.25) is 0 Å². The number of hydrogen-bond donors (Lipinski definition) is 2. The van der Waals surface area contributed by atoms with Gasteiger partial charge in [0.15, 0.2) is 0 Å². The molecular weight excluding hydrogens is 396 g/mol. The van der Waals surface area contributed by atoms with Gasteiger partial charge in [0.25, 0.3) is 5.69 Å². The van der Waals surface area contributed by atoms with E-state index in [2.05, 4.69) is 16.5 Å². The standard InChI is InChI=1S/C23H22N4O4/c1-3-31-23(28)11-15(2)26-22(21-13-17-7-4-5-10-19(17)24-21)14-20(25-26)16-8-6-9-18(12-16)27(29)30/h4-14,22,24-25H,3H2,1-2H3/b15-11+/t22-/m1/s1. The minimum Gasteiger partial charge on any atom is -0.463 e. The van der Waals surface area contributed by atoms with Crippen LogP contribution in [0.1, 0.15) is 31.1 Å². The van der Waals surface area contributed by atoms with Crippen molar-refractivity contribution in [2.75, 3.05) is 6.61 Å². The molecule has 0 saturated heterocycles. The van der Waals surface area contributed by atoms with E-state index in [0.29, 0.717) is 23.6 Å². The third kappa shape index (κ3) is 4.13. The summed E-state index contributed by atoms with van der Waals surface area (Å²) >= 11 is 0. The first-order valence-electron chi connectivity index (χ1n) is 9.91. The van der Waals surface area contributed by atoms with Gasteiger partial charge in [-0.2, -0.15) is 0 Å². The number of nitrogens with one attached hydrogen (secondary N) is 2. The number of hydrazine groups is 1. The number of benzene rings is 2. The van der Waals surface area contributed by atoms with Crippen molar-refractivity contribution < 1.29 is 14.5 Å². The normalized spacial score (nSPS) is 16.2. The van der Waals surface area contributed by atoms with Crippen LogP contribution in [0.2, 0.25) is 0 Å². The van der Waals surface area contributed by atoms with Crippen molar-refractivity contribution in [2.45, 2.75) is 19.9 Å². The van der Waals surface area contributed by atoms with Gasteiger partial charge in [-0.25, -0.2) is 4.79 Å². The smallest absolute Gasteiger partial charge is 0.332 e. The van der Waals surface area contributed by atoms with E-state index in [4.69, 9.17) is 4.74 Å². The van der Waals surface area contributed by atoms with Crippen molar-refractivity contribution in [2.24, 2.45) is 0 Å². The highest BCUT2D eigenvalue weighted by molar-refractivity contribution is 5.83. The van der Waals surface area contributed by atoms with Gasteiger partial charge < -0.3 is 9.72 Å². The molecule has 31 heavy (non-hydrogen) atoms. The third-order valence-corrected chi connectivity index (χ3v) is 5.07. The quantitative estimate of drug-likeness (QED) is 0.266. The van der Waals surface area contributed by atoms with E-state index in [-0.39, 0.29) is 11.7 Å². The number of aromatic amines is 1. The summed E-state index contributed by atoms with van der Waals surface area (Å²) in [7, 11) is 0. The Morgan fingerprint density at radius 1 is 1.23 bits per heavy atom. The maximum atomic E-state index is 12.0. The lowest BCUT2D eigenvalue weighted by Gasteiger charge is -2.27. The van der Waals surface area contributed by atoms with Gasteiger partial charge in [-0.05, 0) is 37.4 Å². The number of esters is 1. The van der Waals surface area contributed by atoms with E-state index >= 15 is 0 Å². The van der Waals surface area contributed by atoms with Crippen molar-refractivity contribution in [1.82, 2.24) is 15.4 Å². The molecule has 1 aliphatic rings. The van der Waals surface area contributed by atoms with E-state index in [9.17, 15) is 14.9 Å². The fourth-order valence-corrected chi connectivity index (χ4v) is 3.63. The Morgan fingerprint density at radius 2 is 2.03 bits per heavy atom. The van der Waals surface area contributed by atoms with Gasteiger partial charge in [0.1, 0.15) is 6.04 Å².